The van der Waals surface area contributed by atoms with E-state index in [0.29, 0.717) is 12.0 Å². The molecule has 0 amide bonds. The Morgan fingerprint density at radius 1 is 1.53 bits per heavy atom. The van der Waals surface area contributed by atoms with Crippen molar-refractivity contribution in [3.05, 3.63) is 22.9 Å². The summed E-state index contributed by atoms with van der Waals surface area (Å²) in [5, 5.41) is 0. The minimum Gasteiger partial charge on any atom is -0.299 e. The highest BCUT2D eigenvalue weighted by atomic mass is 32.1. The molecule has 0 bridgehead atoms. The lowest BCUT2D eigenvalue weighted by molar-refractivity contribution is 0.462. The lowest BCUT2D eigenvalue weighted by Gasteiger charge is -2.11. The van der Waals surface area contributed by atoms with E-state index >= 15 is 0 Å². The first-order valence-electron chi connectivity index (χ1n) is 5.64. The quantitative estimate of drug-likeness (QED) is 0.763. The van der Waals surface area contributed by atoms with Crippen molar-refractivity contribution < 1.29 is 0 Å². The Bertz CT molecular complexity index is 374. The molecule has 1 aliphatic carbocycles. The fourth-order valence-electron chi connectivity index (χ4n) is 1.79. The first-order valence-corrected chi connectivity index (χ1v) is 6.27. The minimum absolute atomic E-state index is 0.151. The summed E-state index contributed by atoms with van der Waals surface area (Å²) >= 11 is 4.30. The van der Waals surface area contributed by atoms with Gasteiger partial charge in [0.1, 0.15) is 0 Å². The summed E-state index contributed by atoms with van der Waals surface area (Å²) in [5.41, 5.74) is 0.151. The standard InChI is InChI=1S/C11H18N2OS/c1-2-9(8-15)7-12-5-6-13(11(12)14)10-3-4-10/h5-6,9-10,15H,2-4,7-8H2,1H3. The summed E-state index contributed by atoms with van der Waals surface area (Å²) < 4.78 is 3.69. The Morgan fingerprint density at radius 3 is 2.80 bits per heavy atom. The molecule has 1 heterocycles. The molecule has 1 fully saturated rings. The number of thiol groups is 1. The molecule has 1 unspecified atom stereocenters. The summed E-state index contributed by atoms with van der Waals surface area (Å²) in [6, 6.07) is 0.481. The topological polar surface area (TPSA) is 26.9 Å². The zero-order valence-electron chi connectivity index (χ0n) is 9.09. The highest BCUT2D eigenvalue weighted by Crippen LogP contribution is 2.33. The number of hydrogen-bond acceptors (Lipinski definition) is 2. The van der Waals surface area contributed by atoms with Crippen molar-refractivity contribution in [3.8, 4) is 0 Å². The maximum absolute atomic E-state index is 11.9. The smallest absolute Gasteiger partial charge is 0.299 e. The van der Waals surface area contributed by atoms with Crippen molar-refractivity contribution in [2.45, 2.75) is 38.8 Å². The van der Waals surface area contributed by atoms with Crippen LogP contribution in [0.1, 0.15) is 32.2 Å². The second kappa shape index (κ2) is 4.47. The van der Waals surface area contributed by atoms with Crippen molar-refractivity contribution >= 4 is 12.6 Å². The van der Waals surface area contributed by atoms with Crippen molar-refractivity contribution in [3.63, 3.8) is 0 Å². The van der Waals surface area contributed by atoms with E-state index in [4.69, 9.17) is 0 Å². The van der Waals surface area contributed by atoms with Gasteiger partial charge in [0.25, 0.3) is 0 Å². The van der Waals surface area contributed by atoms with Crippen LogP contribution in [-0.4, -0.2) is 14.9 Å². The van der Waals surface area contributed by atoms with Crippen LogP contribution in [0.2, 0.25) is 0 Å². The third-order valence-corrected chi connectivity index (χ3v) is 3.62. The molecule has 1 atom stereocenters. The van der Waals surface area contributed by atoms with Gasteiger partial charge in [-0.3, -0.25) is 9.13 Å². The molecule has 0 aromatic carbocycles. The van der Waals surface area contributed by atoms with Gasteiger partial charge in [-0.05, 0) is 24.5 Å². The van der Waals surface area contributed by atoms with Crippen LogP contribution in [0.15, 0.2) is 17.2 Å². The second-order valence-corrected chi connectivity index (χ2v) is 4.69. The van der Waals surface area contributed by atoms with Crippen LogP contribution in [0.5, 0.6) is 0 Å². The average Bonchev–Trinajstić information content (AvgIpc) is 3.02. The van der Waals surface area contributed by atoms with Gasteiger partial charge in [-0.2, -0.15) is 12.6 Å². The SMILES string of the molecule is CCC(CS)Cn1ccn(C2CC2)c1=O. The molecule has 84 valence electrons. The molecule has 0 radical (unpaired) electrons. The van der Waals surface area contributed by atoms with E-state index in [1.165, 1.54) is 0 Å². The molecule has 1 aromatic heterocycles. The molecule has 0 aliphatic heterocycles. The van der Waals surface area contributed by atoms with Crippen molar-refractivity contribution in [2.75, 3.05) is 5.75 Å². The maximum atomic E-state index is 11.9. The third kappa shape index (κ3) is 2.30. The minimum atomic E-state index is 0.151. The summed E-state index contributed by atoms with van der Waals surface area (Å²) in [7, 11) is 0. The number of imidazole rings is 1. The molecule has 0 spiro atoms. The predicted octanol–water partition coefficient (Wildman–Crippen LogP) is 1.94. The van der Waals surface area contributed by atoms with E-state index < -0.39 is 0 Å². The molecule has 1 aromatic rings. The molecule has 0 saturated heterocycles. The molecule has 4 heteroatoms. The summed E-state index contributed by atoms with van der Waals surface area (Å²) in [4.78, 5) is 11.9. The number of aromatic nitrogens is 2. The van der Waals surface area contributed by atoms with Crippen LogP contribution in [0.25, 0.3) is 0 Å². The van der Waals surface area contributed by atoms with Crippen LogP contribution in [-0.2, 0) is 6.54 Å². The van der Waals surface area contributed by atoms with E-state index in [0.717, 1.165) is 31.6 Å². The van der Waals surface area contributed by atoms with Gasteiger partial charge in [0, 0.05) is 25.0 Å². The first-order chi connectivity index (χ1) is 7.26. The summed E-state index contributed by atoms with van der Waals surface area (Å²) in [6.07, 6.45) is 7.23. The summed E-state index contributed by atoms with van der Waals surface area (Å²) in [5.74, 6) is 1.35. The van der Waals surface area contributed by atoms with Crippen LogP contribution in [0.4, 0.5) is 0 Å². The van der Waals surface area contributed by atoms with Gasteiger partial charge in [-0.15, -0.1) is 0 Å². The van der Waals surface area contributed by atoms with E-state index in [-0.39, 0.29) is 5.69 Å². The fourth-order valence-corrected chi connectivity index (χ4v) is 2.17. The second-order valence-electron chi connectivity index (χ2n) is 4.33. The highest BCUT2D eigenvalue weighted by Gasteiger charge is 2.25. The Labute approximate surface area is 95.5 Å². The maximum Gasteiger partial charge on any atom is 0.328 e. The predicted molar refractivity (Wildman–Crippen MR) is 64.6 cm³/mol. The van der Waals surface area contributed by atoms with Crippen molar-refractivity contribution in [1.82, 2.24) is 9.13 Å². The Morgan fingerprint density at radius 2 is 2.27 bits per heavy atom. The molecule has 15 heavy (non-hydrogen) atoms. The Hall–Kier alpha value is -0.640. The number of nitrogens with zero attached hydrogens (tertiary/aromatic N) is 2. The molecular weight excluding hydrogens is 208 g/mol. The molecule has 1 saturated carbocycles. The zero-order chi connectivity index (χ0) is 10.8. The van der Waals surface area contributed by atoms with E-state index in [2.05, 4.69) is 19.6 Å². The van der Waals surface area contributed by atoms with Gasteiger partial charge in [-0.25, -0.2) is 4.79 Å². The van der Waals surface area contributed by atoms with E-state index in [1.54, 1.807) is 0 Å². The largest absolute Gasteiger partial charge is 0.328 e. The first kappa shape index (κ1) is 10.9. The van der Waals surface area contributed by atoms with Crippen LogP contribution >= 0.6 is 12.6 Å². The van der Waals surface area contributed by atoms with Gasteiger partial charge in [-0.1, -0.05) is 13.3 Å². The molecule has 1 aliphatic rings. The van der Waals surface area contributed by atoms with Gasteiger partial charge < -0.3 is 0 Å². The molecule has 3 nitrogen and oxygen atoms in total. The Kier molecular flexibility index (Phi) is 3.24. The molecular formula is C11H18N2OS. The lowest BCUT2D eigenvalue weighted by atomic mass is 10.1. The third-order valence-electron chi connectivity index (χ3n) is 3.10. The number of hydrogen-bond donors (Lipinski definition) is 1. The lowest BCUT2D eigenvalue weighted by Crippen LogP contribution is -2.26. The number of rotatable bonds is 5. The monoisotopic (exact) mass is 226 g/mol. The van der Waals surface area contributed by atoms with Crippen LogP contribution < -0.4 is 5.69 Å². The van der Waals surface area contributed by atoms with Crippen molar-refractivity contribution in [2.24, 2.45) is 5.92 Å². The normalized spacial score (nSPS) is 18.0. The summed E-state index contributed by atoms with van der Waals surface area (Å²) in [6.45, 7) is 2.95. The van der Waals surface area contributed by atoms with Gasteiger partial charge in [0.2, 0.25) is 0 Å². The van der Waals surface area contributed by atoms with Gasteiger partial charge >= 0.3 is 5.69 Å². The molecule has 2 rings (SSSR count). The van der Waals surface area contributed by atoms with Crippen LogP contribution in [0.3, 0.4) is 0 Å². The van der Waals surface area contributed by atoms with Gasteiger partial charge in [0.05, 0.1) is 0 Å². The van der Waals surface area contributed by atoms with E-state index in [9.17, 15) is 4.79 Å². The fraction of sp³-hybridized carbons (Fsp3) is 0.727. The van der Waals surface area contributed by atoms with Crippen molar-refractivity contribution in [1.29, 1.82) is 0 Å². The van der Waals surface area contributed by atoms with Crippen LogP contribution in [0, 0.1) is 5.92 Å². The molecule has 0 N–H and O–H groups in total. The average molecular weight is 226 g/mol. The van der Waals surface area contributed by atoms with E-state index in [1.807, 2.05) is 21.5 Å². The Balaban J connectivity index is 2.11. The highest BCUT2D eigenvalue weighted by molar-refractivity contribution is 7.80. The zero-order valence-corrected chi connectivity index (χ0v) is 9.99. The van der Waals surface area contributed by atoms with Gasteiger partial charge in [0.15, 0.2) is 0 Å².